The van der Waals surface area contributed by atoms with Crippen LogP contribution in [0.3, 0.4) is 0 Å². The van der Waals surface area contributed by atoms with Crippen LogP contribution in [-0.2, 0) is 11.3 Å². The first kappa shape index (κ1) is 17.8. The predicted molar refractivity (Wildman–Crippen MR) is 86.7 cm³/mol. The molecule has 6 nitrogen and oxygen atoms in total. The van der Waals surface area contributed by atoms with Crippen LogP contribution in [0.5, 0.6) is 0 Å². The number of nitrogens with one attached hydrogen (secondary N) is 1. The molecule has 0 radical (unpaired) electrons. The summed E-state index contributed by atoms with van der Waals surface area (Å²) >= 11 is 0. The van der Waals surface area contributed by atoms with Crippen LogP contribution in [-0.4, -0.2) is 36.6 Å². The largest absolute Gasteiger partial charge is 0.444 e. The predicted octanol–water partition coefficient (Wildman–Crippen LogP) is 2.30. The fourth-order valence-electron chi connectivity index (χ4n) is 1.88. The minimum Gasteiger partial charge on any atom is -0.444 e. The number of anilines is 1. The molecule has 0 saturated heterocycles. The molecular weight excluding hydrogens is 282 g/mol. The maximum Gasteiger partial charge on any atom is 0.407 e. The number of hydrogen-bond donors (Lipinski definition) is 2. The first-order valence-electron chi connectivity index (χ1n) is 7.09. The third-order valence-corrected chi connectivity index (χ3v) is 2.92. The van der Waals surface area contributed by atoms with Crippen LogP contribution in [0, 0.1) is 6.92 Å². The van der Waals surface area contributed by atoms with Crippen molar-refractivity contribution in [1.29, 1.82) is 0 Å². The van der Waals surface area contributed by atoms with Gasteiger partial charge in [0.05, 0.1) is 5.56 Å². The molecule has 0 aliphatic rings. The van der Waals surface area contributed by atoms with E-state index >= 15 is 0 Å². The number of rotatable bonds is 3. The lowest BCUT2D eigenvalue weighted by Crippen LogP contribution is -2.32. The third kappa shape index (κ3) is 4.95. The van der Waals surface area contributed by atoms with E-state index in [1.807, 2.05) is 13.0 Å². The average molecular weight is 307 g/mol. The normalized spacial score (nSPS) is 11.0. The van der Waals surface area contributed by atoms with Gasteiger partial charge in [-0.1, -0.05) is 6.07 Å². The van der Waals surface area contributed by atoms with Gasteiger partial charge in [-0.2, -0.15) is 0 Å². The monoisotopic (exact) mass is 307 g/mol. The number of carbonyl (C=O) groups is 2. The molecule has 1 rings (SSSR count). The van der Waals surface area contributed by atoms with Gasteiger partial charge in [-0.15, -0.1) is 0 Å². The minimum atomic E-state index is -0.548. The highest BCUT2D eigenvalue weighted by Gasteiger charge is 2.17. The van der Waals surface area contributed by atoms with Gasteiger partial charge < -0.3 is 20.7 Å². The summed E-state index contributed by atoms with van der Waals surface area (Å²) in [7, 11) is 3.34. The Balaban J connectivity index is 2.89. The Morgan fingerprint density at radius 1 is 1.27 bits per heavy atom. The Morgan fingerprint density at radius 3 is 2.36 bits per heavy atom. The summed E-state index contributed by atoms with van der Waals surface area (Å²) in [5, 5.41) is 2.67. The molecule has 0 aromatic heterocycles. The molecule has 1 aromatic carbocycles. The highest BCUT2D eigenvalue weighted by Crippen LogP contribution is 2.21. The number of aryl methyl sites for hydroxylation is 1. The zero-order valence-electron chi connectivity index (χ0n) is 14.1. The van der Waals surface area contributed by atoms with Crippen molar-refractivity contribution in [1.82, 2.24) is 10.2 Å². The Kier molecular flexibility index (Phi) is 5.41. The molecule has 0 bridgehead atoms. The maximum absolute atomic E-state index is 12.1. The fourth-order valence-corrected chi connectivity index (χ4v) is 1.88. The van der Waals surface area contributed by atoms with Crippen LogP contribution < -0.4 is 11.1 Å². The summed E-state index contributed by atoms with van der Waals surface area (Å²) in [6, 6.07) is 3.54. The highest BCUT2D eigenvalue weighted by atomic mass is 16.6. The first-order chi connectivity index (χ1) is 10.0. The van der Waals surface area contributed by atoms with Crippen molar-refractivity contribution in [2.75, 3.05) is 19.8 Å². The first-order valence-corrected chi connectivity index (χ1v) is 7.09. The number of benzene rings is 1. The Morgan fingerprint density at radius 2 is 1.86 bits per heavy atom. The number of nitrogen functional groups attached to an aromatic ring is 1. The number of amides is 2. The van der Waals surface area contributed by atoms with Gasteiger partial charge in [-0.05, 0) is 44.9 Å². The van der Waals surface area contributed by atoms with Crippen LogP contribution in [0.4, 0.5) is 10.5 Å². The van der Waals surface area contributed by atoms with E-state index in [1.54, 1.807) is 40.9 Å². The molecule has 0 heterocycles. The van der Waals surface area contributed by atoms with Crippen molar-refractivity contribution in [2.24, 2.45) is 0 Å². The quantitative estimate of drug-likeness (QED) is 0.839. The van der Waals surface area contributed by atoms with Crippen LogP contribution >= 0.6 is 0 Å². The van der Waals surface area contributed by atoms with Crippen LogP contribution in [0.15, 0.2) is 12.1 Å². The van der Waals surface area contributed by atoms with Gasteiger partial charge in [0, 0.05) is 26.3 Å². The number of hydrogen-bond acceptors (Lipinski definition) is 4. The van der Waals surface area contributed by atoms with Gasteiger partial charge >= 0.3 is 6.09 Å². The van der Waals surface area contributed by atoms with E-state index < -0.39 is 11.7 Å². The topological polar surface area (TPSA) is 84.7 Å². The zero-order chi connectivity index (χ0) is 17.1. The summed E-state index contributed by atoms with van der Waals surface area (Å²) in [6.45, 7) is 7.50. The third-order valence-electron chi connectivity index (χ3n) is 2.92. The second-order valence-corrected chi connectivity index (χ2v) is 6.43. The summed E-state index contributed by atoms with van der Waals surface area (Å²) in [4.78, 5) is 25.3. The van der Waals surface area contributed by atoms with Gasteiger partial charge in [0.25, 0.3) is 5.91 Å². The minimum absolute atomic E-state index is 0.167. The lowest BCUT2D eigenvalue weighted by Gasteiger charge is -2.20. The SMILES string of the molecule is Cc1cc(CNC(=O)OC(C)(C)C)cc(C(=O)N(C)C)c1N. The van der Waals surface area contributed by atoms with Crippen molar-refractivity contribution in [2.45, 2.75) is 39.8 Å². The molecule has 0 saturated carbocycles. The van der Waals surface area contributed by atoms with E-state index in [1.165, 1.54) is 4.90 Å². The van der Waals surface area contributed by atoms with E-state index in [4.69, 9.17) is 10.5 Å². The maximum atomic E-state index is 12.1. The molecule has 6 heteroatoms. The zero-order valence-corrected chi connectivity index (χ0v) is 14.1. The number of nitrogens with zero attached hydrogens (tertiary/aromatic N) is 1. The molecule has 0 spiro atoms. The van der Waals surface area contributed by atoms with E-state index in [0.29, 0.717) is 11.3 Å². The number of alkyl carbamates (subject to hydrolysis) is 1. The molecule has 122 valence electrons. The van der Waals surface area contributed by atoms with E-state index in [0.717, 1.165) is 11.1 Å². The van der Waals surface area contributed by atoms with Gasteiger partial charge in [-0.3, -0.25) is 4.79 Å². The van der Waals surface area contributed by atoms with Crippen LogP contribution in [0.25, 0.3) is 0 Å². The summed E-state index contributed by atoms with van der Waals surface area (Å²) in [5.41, 5.74) is 7.91. The molecule has 1 aromatic rings. The van der Waals surface area contributed by atoms with Crippen molar-refractivity contribution in [3.05, 3.63) is 28.8 Å². The molecule has 3 N–H and O–H groups in total. The average Bonchev–Trinajstić information content (AvgIpc) is 2.37. The summed E-state index contributed by atoms with van der Waals surface area (Å²) in [5.74, 6) is -0.167. The lowest BCUT2D eigenvalue weighted by atomic mass is 10.0. The fraction of sp³-hybridized carbons (Fsp3) is 0.500. The van der Waals surface area contributed by atoms with Crippen molar-refractivity contribution in [3.8, 4) is 0 Å². The smallest absolute Gasteiger partial charge is 0.407 e. The lowest BCUT2D eigenvalue weighted by molar-refractivity contribution is 0.0523. The molecule has 0 aliphatic heterocycles. The van der Waals surface area contributed by atoms with Crippen molar-refractivity contribution in [3.63, 3.8) is 0 Å². The van der Waals surface area contributed by atoms with Gasteiger partial charge in [0.2, 0.25) is 0 Å². The Labute approximate surface area is 131 Å². The second kappa shape index (κ2) is 6.68. The molecule has 0 fully saturated rings. The van der Waals surface area contributed by atoms with Crippen molar-refractivity contribution >= 4 is 17.7 Å². The Hall–Kier alpha value is -2.24. The van der Waals surface area contributed by atoms with Crippen LogP contribution in [0.2, 0.25) is 0 Å². The Bertz CT molecular complexity index is 575. The van der Waals surface area contributed by atoms with Gasteiger partial charge in [0.1, 0.15) is 5.60 Å². The molecule has 0 unspecified atom stereocenters. The molecule has 0 atom stereocenters. The highest BCUT2D eigenvalue weighted by molar-refractivity contribution is 5.99. The molecule has 22 heavy (non-hydrogen) atoms. The number of carbonyl (C=O) groups excluding carboxylic acids is 2. The molecule has 0 aliphatic carbocycles. The van der Waals surface area contributed by atoms with E-state index in [9.17, 15) is 9.59 Å². The molecule has 2 amide bonds. The van der Waals surface area contributed by atoms with E-state index in [2.05, 4.69) is 5.32 Å². The summed E-state index contributed by atoms with van der Waals surface area (Å²) in [6.07, 6.45) is -0.498. The standard InChI is InChI=1S/C16H25N3O3/c1-10-7-11(9-18-15(21)22-16(2,3)4)8-12(13(10)17)14(20)19(5)6/h7-8H,9,17H2,1-6H3,(H,18,21). The van der Waals surface area contributed by atoms with Crippen LogP contribution in [0.1, 0.15) is 42.3 Å². The molecular formula is C16H25N3O3. The van der Waals surface area contributed by atoms with Crippen molar-refractivity contribution < 1.29 is 14.3 Å². The second-order valence-electron chi connectivity index (χ2n) is 6.43. The van der Waals surface area contributed by atoms with E-state index in [-0.39, 0.29) is 12.5 Å². The summed E-state index contributed by atoms with van der Waals surface area (Å²) < 4.78 is 5.18. The number of ether oxygens (including phenoxy) is 1. The van der Waals surface area contributed by atoms with Gasteiger partial charge in [0.15, 0.2) is 0 Å². The number of nitrogens with two attached hydrogens (primary N) is 1. The van der Waals surface area contributed by atoms with Gasteiger partial charge in [-0.25, -0.2) is 4.79 Å².